The predicted molar refractivity (Wildman–Crippen MR) is 120 cm³/mol. The van der Waals surface area contributed by atoms with Gasteiger partial charge in [-0.1, -0.05) is 18.2 Å². The van der Waals surface area contributed by atoms with Crippen molar-refractivity contribution >= 4 is 23.9 Å². The number of rotatable bonds is 7. The number of carbonyl (C=O) groups is 4. The number of hydrogen-bond donors (Lipinski definition) is 2. The fraction of sp³-hybridized carbons (Fsp3) is 0.333. The van der Waals surface area contributed by atoms with Crippen molar-refractivity contribution in [1.82, 2.24) is 15.5 Å². The lowest BCUT2D eigenvalue weighted by atomic mass is 10.0. The molecule has 0 aliphatic carbocycles. The lowest BCUT2D eigenvalue weighted by Crippen LogP contribution is -2.49. The van der Waals surface area contributed by atoms with E-state index in [-0.39, 0.29) is 42.7 Å². The van der Waals surface area contributed by atoms with Crippen LogP contribution < -0.4 is 15.4 Å². The summed E-state index contributed by atoms with van der Waals surface area (Å²) in [6.07, 6.45) is 0.443. The highest BCUT2D eigenvalue weighted by Crippen LogP contribution is 2.15. The quantitative estimate of drug-likeness (QED) is 0.492. The van der Waals surface area contributed by atoms with Crippen LogP contribution in [-0.4, -0.2) is 61.1 Å². The first kappa shape index (κ1) is 23.8. The zero-order valence-corrected chi connectivity index (χ0v) is 18.4. The molecule has 9 nitrogen and oxygen atoms in total. The molecule has 1 fully saturated rings. The molecule has 1 saturated heterocycles. The highest BCUT2D eigenvalue weighted by molar-refractivity contribution is 5.96. The van der Waals surface area contributed by atoms with Gasteiger partial charge in [0, 0.05) is 30.3 Å². The molecule has 3 rings (SSSR count). The van der Waals surface area contributed by atoms with E-state index in [1.165, 1.54) is 12.1 Å². The summed E-state index contributed by atoms with van der Waals surface area (Å²) in [5.74, 6) is -0.389. The number of carbonyl (C=O) groups excluding carboxylic acids is 4. The summed E-state index contributed by atoms with van der Waals surface area (Å²) in [6.45, 7) is 2.82. The van der Waals surface area contributed by atoms with Crippen molar-refractivity contribution in [3.8, 4) is 5.75 Å². The van der Waals surface area contributed by atoms with Crippen LogP contribution in [0.1, 0.15) is 40.5 Å². The molecular weight excluding hydrogens is 426 g/mol. The van der Waals surface area contributed by atoms with Crippen LogP contribution in [0.4, 0.5) is 4.79 Å². The Balaban J connectivity index is 1.40. The molecule has 1 aliphatic rings. The van der Waals surface area contributed by atoms with Crippen molar-refractivity contribution in [2.75, 3.05) is 26.2 Å². The molecule has 0 radical (unpaired) electrons. The van der Waals surface area contributed by atoms with Gasteiger partial charge < -0.3 is 25.0 Å². The first-order valence-electron chi connectivity index (χ1n) is 10.8. The van der Waals surface area contributed by atoms with E-state index in [1.807, 2.05) is 6.07 Å². The Morgan fingerprint density at radius 1 is 0.909 bits per heavy atom. The molecule has 0 atom stereocenters. The van der Waals surface area contributed by atoms with Crippen LogP contribution in [0.5, 0.6) is 5.75 Å². The zero-order valence-electron chi connectivity index (χ0n) is 18.4. The number of ether oxygens (including phenoxy) is 2. The van der Waals surface area contributed by atoms with Gasteiger partial charge in [-0.25, -0.2) is 4.79 Å². The Morgan fingerprint density at radius 2 is 1.55 bits per heavy atom. The highest BCUT2D eigenvalue weighted by atomic mass is 16.7. The molecule has 9 heteroatoms. The molecule has 174 valence electrons. The highest BCUT2D eigenvalue weighted by Gasteiger charge is 2.24. The Bertz CT molecular complexity index is 969. The van der Waals surface area contributed by atoms with Crippen molar-refractivity contribution < 1.29 is 28.7 Å². The van der Waals surface area contributed by atoms with E-state index in [0.717, 1.165) is 0 Å². The van der Waals surface area contributed by atoms with Gasteiger partial charge in [0.15, 0.2) is 0 Å². The van der Waals surface area contributed by atoms with Crippen molar-refractivity contribution in [3.05, 3.63) is 65.7 Å². The van der Waals surface area contributed by atoms with Gasteiger partial charge >= 0.3 is 6.16 Å². The summed E-state index contributed by atoms with van der Waals surface area (Å²) >= 11 is 0. The topological polar surface area (TPSA) is 114 Å². The fourth-order valence-corrected chi connectivity index (χ4v) is 3.42. The van der Waals surface area contributed by atoms with Gasteiger partial charge in [0.05, 0.1) is 13.2 Å². The normalized spacial score (nSPS) is 13.7. The maximum Gasteiger partial charge on any atom is 0.513 e. The van der Waals surface area contributed by atoms with Gasteiger partial charge in [-0.15, -0.1) is 0 Å². The molecule has 2 aromatic carbocycles. The van der Waals surface area contributed by atoms with Crippen molar-refractivity contribution in [3.63, 3.8) is 0 Å². The molecule has 3 amide bonds. The minimum Gasteiger partial charge on any atom is -0.434 e. The summed E-state index contributed by atoms with van der Waals surface area (Å²) in [7, 11) is 0. The monoisotopic (exact) mass is 453 g/mol. The van der Waals surface area contributed by atoms with E-state index in [1.54, 1.807) is 48.2 Å². The van der Waals surface area contributed by atoms with Gasteiger partial charge in [-0.3, -0.25) is 14.4 Å². The first-order chi connectivity index (χ1) is 16.0. The largest absolute Gasteiger partial charge is 0.513 e. The number of hydrogen-bond acceptors (Lipinski definition) is 6. The van der Waals surface area contributed by atoms with E-state index >= 15 is 0 Å². The number of nitrogens with zero attached hydrogens (tertiary/aromatic N) is 1. The molecule has 33 heavy (non-hydrogen) atoms. The van der Waals surface area contributed by atoms with E-state index in [0.29, 0.717) is 37.1 Å². The minimum absolute atomic E-state index is 0.0593. The first-order valence-corrected chi connectivity index (χ1v) is 10.8. The SMILES string of the molecule is CCOC(=O)Oc1ccc(C(=O)NC2CCN(C(=O)CNC(=O)c3ccccc3)CC2)cc1. The maximum atomic E-state index is 12.5. The second kappa shape index (κ2) is 11.7. The zero-order chi connectivity index (χ0) is 23.6. The van der Waals surface area contributed by atoms with E-state index in [9.17, 15) is 19.2 Å². The number of piperidine rings is 1. The van der Waals surface area contributed by atoms with Crippen LogP contribution in [-0.2, 0) is 9.53 Å². The van der Waals surface area contributed by atoms with Crippen molar-refractivity contribution in [2.45, 2.75) is 25.8 Å². The van der Waals surface area contributed by atoms with Crippen LogP contribution in [0.25, 0.3) is 0 Å². The summed E-state index contributed by atoms with van der Waals surface area (Å²) < 4.78 is 9.68. The average molecular weight is 453 g/mol. The van der Waals surface area contributed by atoms with Crippen LogP contribution in [0.3, 0.4) is 0 Å². The lowest BCUT2D eigenvalue weighted by molar-refractivity contribution is -0.131. The fourth-order valence-electron chi connectivity index (χ4n) is 3.42. The van der Waals surface area contributed by atoms with Gasteiger partial charge in [0.1, 0.15) is 5.75 Å². The molecule has 1 aliphatic heterocycles. The predicted octanol–water partition coefficient (Wildman–Crippen LogP) is 2.37. The second-order valence-corrected chi connectivity index (χ2v) is 7.49. The van der Waals surface area contributed by atoms with E-state index in [4.69, 9.17) is 9.47 Å². The van der Waals surface area contributed by atoms with Gasteiger partial charge in [0.2, 0.25) is 5.91 Å². The summed E-state index contributed by atoms with van der Waals surface area (Å²) in [5.41, 5.74) is 0.945. The molecule has 0 bridgehead atoms. The standard InChI is InChI=1S/C24H27N3O6/c1-2-32-24(31)33-20-10-8-18(9-11-20)23(30)26-19-12-14-27(15-13-19)21(28)16-25-22(29)17-6-4-3-5-7-17/h3-11,19H,2,12-16H2,1H3,(H,25,29)(H,26,30). The molecule has 2 N–H and O–H groups in total. The van der Waals surface area contributed by atoms with E-state index < -0.39 is 6.16 Å². The smallest absolute Gasteiger partial charge is 0.434 e. The molecule has 0 unspecified atom stereocenters. The van der Waals surface area contributed by atoms with Crippen molar-refractivity contribution in [1.29, 1.82) is 0 Å². The van der Waals surface area contributed by atoms with Crippen LogP contribution >= 0.6 is 0 Å². The number of amides is 3. The third kappa shape index (κ3) is 7.06. The number of benzene rings is 2. The Hall–Kier alpha value is -3.88. The summed E-state index contributed by atoms with van der Waals surface area (Å²) in [4.78, 5) is 50.0. The van der Waals surface area contributed by atoms with E-state index in [2.05, 4.69) is 10.6 Å². The molecule has 2 aromatic rings. The molecule has 0 spiro atoms. The molecule has 0 saturated carbocycles. The number of likely N-dealkylation sites (tertiary alicyclic amines) is 1. The van der Waals surface area contributed by atoms with Crippen LogP contribution in [0.2, 0.25) is 0 Å². The van der Waals surface area contributed by atoms with Crippen molar-refractivity contribution in [2.24, 2.45) is 0 Å². The van der Waals surface area contributed by atoms with Gasteiger partial charge in [-0.05, 0) is 56.2 Å². The molecule has 1 heterocycles. The summed E-state index contributed by atoms with van der Waals surface area (Å²) in [6, 6.07) is 14.9. The Labute approximate surface area is 192 Å². The average Bonchev–Trinajstić information content (AvgIpc) is 2.84. The van der Waals surface area contributed by atoms with Gasteiger partial charge in [-0.2, -0.15) is 0 Å². The van der Waals surface area contributed by atoms with Crippen LogP contribution in [0, 0.1) is 0 Å². The Kier molecular flexibility index (Phi) is 8.40. The lowest BCUT2D eigenvalue weighted by Gasteiger charge is -2.32. The van der Waals surface area contributed by atoms with Gasteiger partial charge in [0.25, 0.3) is 11.8 Å². The summed E-state index contributed by atoms with van der Waals surface area (Å²) in [5, 5.41) is 5.61. The molecular formula is C24H27N3O6. The van der Waals surface area contributed by atoms with Crippen LogP contribution in [0.15, 0.2) is 54.6 Å². The Morgan fingerprint density at radius 3 is 2.18 bits per heavy atom. The minimum atomic E-state index is -0.796. The number of nitrogens with one attached hydrogen (secondary N) is 2. The second-order valence-electron chi connectivity index (χ2n) is 7.49. The molecule has 0 aromatic heterocycles. The third-order valence-electron chi connectivity index (χ3n) is 5.20. The third-order valence-corrected chi connectivity index (χ3v) is 5.20. The maximum absolute atomic E-state index is 12.5.